The fraction of sp³-hybridized carbons (Fsp3) is 0. The molecule has 0 amide bonds. The van der Waals surface area contributed by atoms with Gasteiger partial charge in [-0.05, 0) is 139 Å². The van der Waals surface area contributed by atoms with E-state index in [0.29, 0.717) is 0 Å². The van der Waals surface area contributed by atoms with Gasteiger partial charge in [0.2, 0.25) is 0 Å². The van der Waals surface area contributed by atoms with E-state index in [1.54, 1.807) is 0 Å². The number of hydrogen-bond acceptors (Lipinski definition) is 2. The smallest absolute Gasteiger partial charge is 0.0625 e. The Hall–Kier alpha value is -10.5. The van der Waals surface area contributed by atoms with Crippen LogP contribution in [0.3, 0.4) is 0 Å². The van der Waals surface area contributed by atoms with Gasteiger partial charge in [-0.2, -0.15) is 0 Å². The second-order valence-corrected chi connectivity index (χ2v) is 20.4. The summed E-state index contributed by atoms with van der Waals surface area (Å²) < 4.78 is 2.48. The molecule has 15 aromatic rings. The zero-order chi connectivity index (χ0) is 52.2. The molecule has 3 heteroatoms. The summed E-state index contributed by atoms with van der Waals surface area (Å²) >= 11 is 0. The number of benzene rings is 14. The number of aromatic nitrogens is 1. The molecule has 79 heavy (non-hydrogen) atoms. The summed E-state index contributed by atoms with van der Waals surface area (Å²) in [5.74, 6) is 0. The molecule has 14 aromatic carbocycles. The van der Waals surface area contributed by atoms with Crippen molar-refractivity contribution in [2.75, 3.05) is 9.80 Å². The minimum absolute atomic E-state index is 1.03. The molecule has 0 saturated carbocycles. The van der Waals surface area contributed by atoms with Gasteiger partial charge >= 0.3 is 0 Å². The van der Waals surface area contributed by atoms with Crippen molar-refractivity contribution in [2.24, 2.45) is 0 Å². The molecule has 370 valence electrons. The van der Waals surface area contributed by atoms with Crippen molar-refractivity contribution in [3.63, 3.8) is 0 Å². The first-order valence-electron chi connectivity index (χ1n) is 27.2. The predicted octanol–water partition coefficient (Wildman–Crippen LogP) is 21.3. The Morgan fingerprint density at radius 3 is 1.14 bits per heavy atom. The van der Waals surface area contributed by atoms with Gasteiger partial charge in [-0.3, -0.25) is 0 Å². The summed E-state index contributed by atoms with van der Waals surface area (Å²) in [5.41, 5.74) is 16.9. The van der Waals surface area contributed by atoms with Crippen LogP contribution in [0.15, 0.2) is 309 Å². The molecule has 1 aromatic heterocycles. The number of hydrogen-bond donors (Lipinski definition) is 0. The van der Waals surface area contributed by atoms with E-state index in [9.17, 15) is 0 Å². The Bertz CT molecular complexity index is 4580. The zero-order valence-electron chi connectivity index (χ0n) is 43.3. The molecule has 0 aliphatic heterocycles. The highest BCUT2D eigenvalue weighted by Gasteiger charge is 2.25. The van der Waals surface area contributed by atoms with Crippen molar-refractivity contribution in [1.82, 2.24) is 4.57 Å². The highest BCUT2D eigenvalue weighted by molar-refractivity contribution is 6.32. The van der Waals surface area contributed by atoms with Crippen LogP contribution < -0.4 is 9.80 Å². The molecular weight excluding hydrogens is 955 g/mol. The van der Waals surface area contributed by atoms with Gasteiger partial charge in [0.15, 0.2) is 0 Å². The third-order valence-corrected chi connectivity index (χ3v) is 15.9. The first-order chi connectivity index (χ1) is 39.2. The summed E-state index contributed by atoms with van der Waals surface area (Å²) in [4.78, 5) is 4.92. The summed E-state index contributed by atoms with van der Waals surface area (Å²) in [6.07, 6.45) is 0. The van der Waals surface area contributed by atoms with E-state index < -0.39 is 0 Å². The molecular formula is C76H51N3. The lowest BCUT2D eigenvalue weighted by atomic mass is 9.94. The normalized spacial score (nSPS) is 11.5. The molecule has 0 unspecified atom stereocenters. The second-order valence-electron chi connectivity index (χ2n) is 20.4. The summed E-state index contributed by atoms with van der Waals surface area (Å²) in [5, 5.41) is 12.1. The summed E-state index contributed by atoms with van der Waals surface area (Å²) in [7, 11) is 0. The predicted molar refractivity (Wildman–Crippen MR) is 336 cm³/mol. The van der Waals surface area contributed by atoms with Gasteiger partial charge in [-0.15, -0.1) is 0 Å². The number of nitrogens with zero attached hydrogens (tertiary/aromatic N) is 3. The summed E-state index contributed by atoms with van der Waals surface area (Å²) in [6, 6.07) is 113. The van der Waals surface area contributed by atoms with Gasteiger partial charge < -0.3 is 14.4 Å². The van der Waals surface area contributed by atoms with E-state index in [-0.39, 0.29) is 0 Å². The van der Waals surface area contributed by atoms with Crippen LogP contribution >= 0.6 is 0 Å². The van der Waals surface area contributed by atoms with Crippen molar-refractivity contribution in [3.8, 4) is 39.1 Å². The van der Waals surface area contributed by atoms with Crippen molar-refractivity contribution >= 4 is 99.0 Å². The fourth-order valence-electron chi connectivity index (χ4n) is 12.4. The van der Waals surface area contributed by atoms with Crippen molar-refractivity contribution in [3.05, 3.63) is 309 Å². The maximum atomic E-state index is 2.48. The molecule has 15 rings (SSSR count). The molecule has 3 nitrogen and oxygen atoms in total. The molecule has 0 bridgehead atoms. The van der Waals surface area contributed by atoms with Gasteiger partial charge in [-0.1, -0.05) is 231 Å². The quantitative estimate of drug-likeness (QED) is 0.127. The Morgan fingerprint density at radius 2 is 0.633 bits per heavy atom. The Balaban J connectivity index is 1.04. The average molecular weight is 1010 g/mol. The van der Waals surface area contributed by atoms with Crippen LogP contribution in [0.2, 0.25) is 0 Å². The molecule has 1 heterocycles. The number of rotatable bonds is 10. The van der Waals surface area contributed by atoms with E-state index in [4.69, 9.17) is 0 Å². The van der Waals surface area contributed by atoms with Crippen molar-refractivity contribution in [2.45, 2.75) is 0 Å². The first-order valence-corrected chi connectivity index (χ1v) is 27.2. The van der Waals surface area contributed by atoms with E-state index in [2.05, 4.69) is 324 Å². The highest BCUT2D eigenvalue weighted by Crippen LogP contribution is 2.49. The third kappa shape index (κ3) is 7.82. The Kier molecular flexibility index (Phi) is 11.2. The minimum Gasteiger partial charge on any atom is -0.310 e. The second kappa shape index (κ2) is 19.3. The zero-order valence-corrected chi connectivity index (χ0v) is 43.3. The van der Waals surface area contributed by atoms with Crippen LogP contribution in [0.4, 0.5) is 34.1 Å². The Morgan fingerprint density at radius 1 is 0.228 bits per heavy atom. The maximum absolute atomic E-state index is 2.48. The van der Waals surface area contributed by atoms with Gasteiger partial charge in [0, 0.05) is 55.4 Å². The fourth-order valence-corrected chi connectivity index (χ4v) is 12.4. The molecule has 0 spiro atoms. The standard InChI is InChI=1S/C76H51N3/c1-6-24-52(25-7-1)61-43-46-72(67-38-20-16-34-63(61)67)77(56-28-10-3-11-29-56)59-48-55(49-60(51-59)78(57-30-12-4-13-31-57)73-47-44-62(53-26-8-2-9-27-53)64-35-17-21-39-68(64)73)54-42-45-74-71(50-54)75-69-40-22-18-36-65(69)66-37-19-23-41-70(66)76(75)79(74)58-32-14-5-15-33-58/h1-51H. The van der Waals surface area contributed by atoms with Crippen LogP contribution in [-0.4, -0.2) is 4.57 Å². The van der Waals surface area contributed by atoms with Crippen molar-refractivity contribution < 1.29 is 0 Å². The van der Waals surface area contributed by atoms with Crippen molar-refractivity contribution in [1.29, 1.82) is 0 Å². The minimum atomic E-state index is 1.03. The molecule has 0 fully saturated rings. The maximum Gasteiger partial charge on any atom is 0.0625 e. The third-order valence-electron chi connectivity index (χ3n) is 15.9. The van der Waals surface area contributed by atoms with E-state index in [1.165, 1.54) is 70.9 Å². The van der Waals surface area contributed by atoms with Crippen LogP contribution in [0, 0.1) is 0 Å². The van der Waals surface area contributed by atoms with E-state index >= 15 is 0 Å². The van der Waals surface area contributed by atoms with Gasteiger partial charge in [0.1, 0.15) is 0 Å². The molecule has 0 aliphatic carbocycles. The molecule has 0 saturated heterocycles. The lowest BCUT2D eigenvalue weighted by Gasteiger charge is -2.32. The highest BCUT2D eigenvalue weighted by atomic mass is 15.2. The van der Waals surface area contributed by atoms with Crippen LogP contribution in [0.25, 0.3) is 104 Å². The lowest BCUT2D eigenvalue weighted by Crippen LogP contribution is -2.14. The average Bonchev–Trinajstić information content (AvgIpc) is 3.96. The molecule has 0 atom stereocenters. The molecule has 0 N–H and O–H groups in total. The Labute approximate surface area is 459 Å². The summed E-state index contributed by atoms with van der Waals surface area (Å²) in [6.45, 7) is 0. The monoisotopic (exact) mass is 1010 g/mol. The van der Waals surface area contributed by atoms with E-state index in [1.807, 2.05) is 0 Å². The number of anilines is 6. The van der Waals surface area contributed by atoms with Crippen LogP contribution in [0.5, 0.6) is 0 Å². The number of fused-ring (bicyclic) bond motifs is 10. The van der Waals surface area contributed by atoms with Gasteiger partial charge in [0.05, 0.1) is 22.4 Å². The SMILES string of the molecule is c1ccc(-c2ccc(N(c3ccccc3)c3cc(-c4ccc5c(c4)c4c6ccccc6c6ccccc6c4n5-c4ccccc4)cc(N(c4ccccc4)c4ccc(-c5ccccc5)c5ccccc45)c3)c3ccccc23)cc1. The van der Waals surface area contributed by atoms with Crippen LogP contribution in [0.1, 0.15) is 0 Å². The topological polar surface area (TPSA) is 11.4 Å². The first kappa shape index (κ1) is 45.9. The van der Waals surface area contributed by atoms with Crippen LogP contribution in [-0.2, 0) is 0 Å². The lowest BCUT2D eigenvalue weighted by molar-refractivity contribution is 1.19. The van der Waals surface area contributed by atoms with E-state index in [0.717, 1.165) is 67.2 Å². The number of para-hydroxylation sites is 3. The molecule has 0 aliphatic rings. The van der Waals surface area contributed by atoms with Gasteiger partial charge in [-0.25, -0.2) is 0 Å². The largest absolute Gasteiger partial charge is 0.310 e. The molecule has 0 radical (unpaired) electrons. The van der Waals surface area contributed by atoms with Gasteiger partial charge in [0.25, 0.3) is 0 Å².